The minimum atomic E-state index is -3.95. The number of carbonyl (C=O) groups excluding carboxylic acids is 2. The van der Waals surface area contributed by atoms with Crippen molar-refractivity contribution in [2.45, 2.75) is 53.4 Å². The van der Waals surface area contributed by atoms with Crippen LogP contribution in [-0.4, -0.2) is 26.8 Å². The Hall–Kier alpha value is -2.67. The monoisotopic (exact) mass is 431 g/mol. The molecule has 0 aliphatic heterocycles. The van der Waals surface area contributed by atoms with Gasteiger partial charge in [-0.3, -0.25) is 9.52 Å². The first-order valence-corrected chi connectivity index (χ1v) is 11.1. The molecule has 0 bridgehead atoms. The Morgan fingerprint density at radius 2 is 1.50 bits per heavy atom. The minimum Gasteiger partial charge on any atom is -0.454 e. The second-order valence-electron chi connectivity index (χ2n) is 8.49. The number of rotatable bonds is 6. The summed E-state index contributed by atoms with van der Waals surface area (Å²) in [4.78, 5) is 24.8. The first-order valence-electron chi connectivity index (χ1n) is 9.65. The number of aryl methyl sites for hydroxylation is 2. The summed E-state index contributed by atoms with van der Waals surface area (Å²) in [6, 6.07) is 8.13. The zero-order valence-corrected chi connectivity index (χ0v) is 19.4. The standard InChI is InChI=1S/C23H29NO5S/c1-14-12-15(2)17(4)21(16(14)3)30(27,28)24-19-11-9-8-10-18(19)22(26)29-13-20(25)23(5,6)7/h8-12,24H,13H2,1-7H3. The van der Waals surface area contributed by atoms with Crippen LogP contribution in [0, 0.1) is 33.1 Å². The van der Waals surface area contributed by atoms with Gasteiger partial charge in [0.25, 0.3) is 10.0 Å². The lowest BCUT2D eigenvalue weighted by Crippen LogP contribution is -2.26. The number of Topliss-reactive ketones (excluding diaryl/α,β-unsaturated/α-hetero) is 1. The van der Waals surface area contributed by atoms with Gasteiger partial charge in [0.1, 0.15) is 0 Å². The molecule has 0 radical (unpaired) electrons. The largest absolute Gasteiger partial charge is 0.454 e. The summed E-state index contributed by atoms with van der Waals surface area (Å²) in [5, 5.41) is 0. The van der Waals surface area contributed by atoms with Crippen LogP contribution in [0.4, 0.5) is 5.69 Å². The van der Waals surface area contributed by atoms with Gasteiger partial charge in [-0.25, -0.2) is 13.2 Å². The maximum absolute atomic E-state index is 13.2. The molecule has 2 aromatic carbocycles. The number of hydrogen-bond donors (Lipinski definition) is 1. The highest BCUT2D eigenvalue weighted by molar-refractivity contribution is 7.92. The van der Waals surface area contributed by atoms with E-state index in [4.69, 9.17) is 4.74 Å². The lowest BCUT2D eigenvalue weighted by atomic mass is 9.91. The topological polar surface area (TPSA) is 89.5 Å². The van der Waals surface area contributed by atoms with E-state index in [0.717, 1.165) is 11.1 Å². The fraction of sp³-hybridized carbons (Fsp3) is 0.391. The Morgan fingerprint density at radius 1 is 0.967 bits per heavy atom. The van der Waals surface area contributed by atoms with Gasteiger partial charge in [-0.1, -0.05) is 39.0 Å². The Kier molecular flexibility index (Phi) is 6.76. The van der Waals surface area contributed by atoms with Gasteiger partial charge in [-0.2, -0.15) is 0 Å². The number of carbonyl (C=O) groups is 2. The molecule has 6 nitrogen and oxygen atoms in total. The molecule has 0 saturated heterocycles. The molecule has 0 saturated carbocycles. The van der Waals surface area contributed by atoms with Gasteiger partial charge in [-0.05, 0) is 62.1 Å². The molecule has 1 N–H and O–H groups in total. The zero-order chi connectivity index (χ0) is 22.9. The third-order valence-corrected chi connectivity index (χ3v) is 6.77. The van der Waals surface area contributed by atoms with Crippen molar-refractivity contribution in [2.24, 2.45) is 5.41 Å². The first-order chi connectivity index (χ1) is 13.8. The van der Waals surface area contributed by atoms with Gasteiger partial charge in [0.15, 0.2) is 12.4 Å². The van der Waals surface area contributed by atoms with Crippen LogP contribution in [0.2, 0.25) is 0 Å². The first kappa shape index (κ1) is 23.6. The summed E-state index contributed by atoms with van der Waals surface area (Å²) in [6.07, 6.45) is 0. The summed E-state index contributed by atoms with van der Waals surface area (Å²) < 4.78 is 34.1. The maximum atomic E-state index is 13.2. The Labute approximate surface area is 178 Å². The highest BCUT2D eigenvalue weighted by Crippen LogP contribution is 2.29. The lowest BCUT2D eigenvalue weighted by molar-refractivity contribution is -0.129. The van der Waals surface area contributed by atoms with Crippen molar-refractivity contribution in [1.82, 2.24) is 0 Å². The van der Waals surface area contributed by atoms with Crippen LogP contribution in [0.5, 0.6) is 0 Å². The number of para-hydroxylation sites is 1. The number of ketones is 1. The molecule has 0 aliphatic rings. The average Bonchev–Trinajstić information content (AvgIpc) is 2.63. The van der Waals surface area contributed by atoms with E-state index in [1.807, 2.05) is 19.9 Å². The fourth-order valence-electron chi connectivity index (χ4n) is 2.96. The predicted molar refractivity (Wildman–Crippen MR) is 117 cm³/mol. The van der Waals surface area contributed by atoms with Crippen molar-refractivity contribution in [3.63, 3.8) is 0 Å². The van der Waals surface area contributed by atoms with Crippen LogP contribution in [0.25, 0.3) is 0 Å². The van der Waals surface area contributed by atoms with Gasteiger partial charge in [-0.15, -0.1) is 0 Å². The number of anilines is 1. The molecule has 0 spiro atoms. The number of nitrogens with one attached hydrogen (secondary N) is 1. The molecule has 2 rings (SSSR count). The number of sulfonamides is 1. The van der Waals surface area contributed by atoms with Crippen molar-refractivity contribution in [2.75, 3.05) is 11.3 Å². The molecule has 0 amide bonds. The van der Waals surface area contributed by atoms with Crippen molar-refractivity contribution < 1.29 is 22.7 Å². The third-order valence-electron chi connectivity index (χ3n) is 5.13. The van der Waals surface area contributed by atoms with Crippen molar-refractivity contribution in [3.05, 3.63) is 58.1 Å². The summed E-state index contributed by atoms with van der Waals surface area (Å²) in [5.41, 5.74) is 2.55. The second kappa shape index (κ2) is 8.60. The summed E-state index contributed by atoms with van der Waals surface area (Å²) in [6.45, 7) is 12.1. The molecule has 162 valence electrons. The average molecular weight is 432 g/mol. The van der Waals surface area contributed by atoms with Crippen LogP contribution in [0.1, 0.15) is 53.4 Å². The molecule has 0 aliphatic carbocycles. The molecule has 0 aromatic heterocycles. The molecular weight excluding hydrogens is 402 g/mol. The number of hydrogen-bond acceptors (Lipinski definition) is 5. The van der Waals surface area contributed by atoms with Crippen LogP contribution < -0.4 is 4.72 Å². The van der Waals surface area contributed by atoms with E-state index in [0.29, 0.717) is 11.1 Å². The summed E-state index contributed by atoms with van der Waals surface area (Å²) in [7, 11) is -3.95. The highest BCUT2D eigenvalue weighted by atomic mass is 32.2. The van der Waals surface area contributed by atoms with Crippen LogP contribution in [0.3, 0.4) is 0 Å². The van der Waals surface area contributed by atoms with Crippen LogP contribution in [0.15, 0.2) is 35.2 Å². The molecule has 0 fully saturated rings. The molecule has 0 heterocycles. The van der Waals surface area contributed by atoms with Gasteiger partial charge in [0.05, 0.1) is 16.1 Å². The second-order valence-corrected chi connectivity index (χ2v) is 10.1. The number of benzene rings is 2. The van der Waals surface area contributed by atoms with E-state index < -0.39 is 21.4 Å². The van der Waals surface area contributed by atoms with E-state index >= 15 is 0 Å². The number of esters is 1. The molecular formula is C23H29NO5S. The minimum absolute atomic E-state index is 0.0439. The fourth-order valence-corrected chi connectivity index (χ4v) is 4.65. The van der Waals surface area contributed by atoms with Crippen molar-refractivity contribution in [1.29, 1.82) is 0 Å². The van der Waals surface area contributed by atoms with E-state index in [9.17, 15) is 18.0 Å². The van der Waals surface area contributed by atoms with Gasteiger partial charge in [0.2, 0.25) is 0 Å². The van der Waals surface area contributed by atoms with Gasteiger partial charge >= 0.3 is 5.97 Å². The predicted octanol–water partition coefficient (Wildman–Crippen LogP) is 4.49. The van der Waals surface area contributed by atoms with E-state index in [-0.39, 0.29) is 28.5 Å². The SMILES string of the molecule is Cc1cc(C)c(C)c(S(=O)(=O)Nc2ccccc2C(=O)OCC(=O)C(C)(C)C)c1C. The van der Waals surface area contributed by atoms with Crippen LogP contribution >= 0.6 is 0 Å². The quantitative estimate of drug-likeness (QED) is 0.681. The van der Waals surface area contributed by atoms with E-state index in [2.05, 4.69) is 4.72 Å². The van der Waals surface area contributed by atoms with Crippen molar-refractivity contribution >= 4 is 27.5 Å². The normalized spacial score (nSPS) is 11.8. The van der Waals surface area contributed by atoms with Crippen molar-refractivity contribution in [3.8, 4) is 0 Å². The zero-order valence-electron chi connectivity index (χ0n) is 18.5. The van der Waals surface area contributed by atoms with Gasteiger partial charge < -0.3 is 4.74 Å². The van der Waals surface area contributed by atoms with E-state index in [1.165, 1.54) is 12.1 Å². The molecule has 2 aromatic rings. The third kappa shape index (κ3) is 5.08. The Balaban J connectivity index is 2.37. The van der Waals surface area contributed by atoms with Gasteiger partial charge in [0, 0.05) is 5.41 Å². The summed E-state index contributed by atoms with van der Waals surface area (Å²) in [5.74, 6) is -0.991. The summed E-state index contributed by atoms with van der Waals surface area (Å²) >= 11 is 0. The molecule has 0 unspecified atom stereocenters. The van der Waals surface area contributed by atoms with Crippen LogP contribution in [-0.2, 0) is 19.6 Å². The molecule has 0 atom stereocenters. The lowest BCUT2D eigenvalue weighted by Gasteiger charge is -2.18. The smallest absolute Gasteiger partial charge is 0.340 e. The highest BCUT2D eigenvalue weighted by Gasteiger charge is 2.26. The van der Waals surface area contributed by atoms with E-state index in [1.54, 1.807) is 46.8 Å². The molecule has 7 heteroatoms. The number of ether oxygens (including phenoxy) is 1. The molecule has 30 heavy (non-hydrogen) atoms. The Bertz CT molecular complexity index is 1070. The Morgan fingerprint density at radius 3 is 2.03 bits per heavy atom. The maximum Gasteiger partial charge on any atom is 0.340 e.